The minimum atomic E-state index is -0.833. The first-order chi connectivity index (χ1) is 12.9. The highest BCUT2D eigenvalue weighted by molar-refractivity contribution is 5.93. The quantitative estimate of drug-likeness (QED) is 0.169. The van der Waals surface area contributed by atoms with Crippen LogP contribution in [0.4, 0.5) is 5.69 Å². The van der Waals surface area contributed by atoms with E-state index in [4.69, 9.17) is 4.74 Å². The first-order valence-corrected chi connectivity index (χ1v) is 7.82. The number of carbonyl (C=O) groups is 2. The summed E-state index contributed by atoms with van der Waals surface area (Å²) < 4.78 is 5.57. The van der Waals surface area contributed by atoms with Crippen molar-refractivity contribution in [3.63, 3.8) is 0 Å². The van der Waals surface area contributed by atoms with Crippen LogP contribution in [0.15, 0.2) is 48.5 Å². The highest BCUT2D eigenvalue weighted by atomic mass is 16.6. The monoisotopic (exact) mass is 367 g/mol. The van der Waals surface area contributed by atoms with Crippen LogP contribution in [0.3, 0.4) is 0 Å². The maximum absolute atomic E-state index is 12.5. The Kier molecular flexibility index (Phi) is 4.75. The second-order valence-corrected chi connectivity index (χ2v) is 5.63. The Labute approximate surface area is 152 Å². The van der Waals surface area contributed by atoms with E-state index in [-0.39, 0.29) is 28.2 Å². The largest absolute Gasteiger partial charge is 0.618 e. The Morgan fingerprint density at radius 2 is 1.93 bits per heavy atom. The summed E-state index contributed by atoms with van der Waals surface area (Å²) in [5.74, 6) is -1.36. The highest BCUT2D eigenvalue weighted by Crippen LogP contribution is 2.16. The Bertz CT molecular complexity index is 1080. The molecule has 0 saturated heterocycles. The number of ether oxygens (including phenoxy) is 1. The second-order valence-electron chi connectivity index (χ2n) is 5.63. The summed E-state index contributed by atoms with van der Waals surface area (Å²) in [6, 6.07) is 11.5. The third-order valence-corrected chi connectivity index (χ3v) is 3.80. The third kappa shape index (κ3) is 3.56. The number of nitro groups is 1. The first kappa shape index (κ1) is 17.9. The fraction of sp³-hybridized carbons (Fsp3) is 0.111. The van der Waals surface area contributed by atoms with Crippen molar-refractivity contribution in [3.05, 3.63) is 80.8 Å². The maximum Gasteiger partial charge on any atom is 0.338 e. The molecule has 0 aliphatic carbocycles. The fourth-order valence-corrected chi connectivity index (χ4v) is 2.58. The summed E-state index contributed by atoms with van der Waals surface area (Å²) in [6.07, 6.45) is 0. The summed E-state index contributed by atoms with van der Waals surface area (Å²) in [4.78, 5) is 38.5. The number of carbonyl (C=O) groups excluding carboxylic acids is 2. The molecule has 2 aromatic carbocycles. The molecule has 0 saturated carbocycles. The van der Waals surface area contributed by atoms with Gasteiger partial charge in [0.1, 0.15) is 12.1 Å². The SMILES string of the molecule is CC(=O)c1c(COC(=O)c2cccc([N+](=O)[O-])c2)nc2ccccc2[n+]1[O-]. The average molecular weight is 367 g/mol. The topological polar surface area (TPSA) is 126 Å². The number of esters is 1. The zero-order chi connectivity index (χ0) is 19.6. The van der Waals surface area contributed by atoms with Gasteiger partial charge in [-0.05, 0) is 12.1 Å². The van der Waals surface area contributed by atoms with Gasteiger partial charge in [-0.25, -0.2) is 9.78 Å². The van der Waals surface area contributed by atoms with Crippen molar-refractivity contribution in [2.45, 2.75) is 13.5 Å². The van der Waals surface area contributed by atoms with E-state index in [1.807, 2.05) is 0 Å². The standard InChI is InChI=1S/C18H13N3O6/c1-11(22)17-15(19-14-7-2-3-8-16(14)20(17)24)10-27-18(23)12-5-4-6-13(9-12)21(25)26/h2-9H,10H2,1H3. The molecule has 0 radical (unpaired) electrons. The number of benzene rings is 2. The number of aromatic nitrogens is 2. The highest BCUT2D eigenvalue weighted by Gasteiger charge is 2.24. The Hall–Kier alpha value is -3.88. The van der Waals surface area contributed by atoms with Gasteiger partial charge in [0.05, 0.1) is 10.5 Å². The van der Waals surface area contributed by atoms with Gasteiger partial charge in [0.15, 0.2) is 5.69 Å². The van der Waals surface area contributed by atoms with E-state index in [2.05, 4.69) is 4.98 Å². The summed E-state index contributed by atoms with van der Waals surface area (Å²) in [7, 11) is 0. The van der Waals surface area contributed by atoms with Crippen LogP contribution in [0.1, 0.15) is 33.5 Å². The molecule has 3 aromatic rings. The van der Waals surface area contributed by atoms with Crippen LogP contribution in [0, 0.1) is 15.3 Å². The number of Topliss-reactive ketones (excluding diaryl/α,β-unsaturated/α-hetero) is 1. The molecule has 0 bridgehead atoms. The van der Waals surface area contributed by atoms with Crippen molar-refractivity contribution >= 4 is 28.5 Å². The van der Waals surface area contributed by atoms with Gasteiger partial charge in [-0.2, -0.15) is 4.73 Å². The van der Waals surface area contributed by atoms with Gasteiger partial charge in [-0.3, -0.25) is 14.9 Å². The predicted molar refractivity (Wildman–Crippen MR) is 92.9 cm³/mol. The molecular weight excluding hydrogens is 354 g/mol. The maximum atomic E-state index is 12.5. The van der Waals surface area contributed by atoms with Crippen LogP contribution < -0.4 is 4.73 Å². The molecule has 0 fully saturated rings. The molecule has 0 N–H and O–H groups in total. The summed E-state index contributed by atoms with van der Waals surface area (Å²) >= 11 is 0. The van der Waals surface area contributed by atoms with Crippen LogP contribution >= 0.6 is 0 Å². The Morgan fingerprint density at radius 3 is 2.63 bits per heavy atom. The zero-order valence-corrected chi connectivity index (χ0v) is 14.1. The molecule has 27 heavy (non-hydrogen) atoms. The normalized spacial score (nSPS) is 10.6. The zero-order valence-electron chi connectivity index (χ0n) is 14.1. The van der Waals surface area contributed by atoms with Gasteiger partial charge in [-0.15, -0.1) is 0 Å². The van der Waals surface area contributed by atoms with Crippen molar-refractivity contribution in [3.8, 4) is 0 Å². The van der Waals surface area contributed by atoms with Gasteiger partial charge >= 0.3 is 5.97 Å². The molecule has 3 rings (SSSR count). The van der Waals surface area contributed by atoms with Crippen molar-refractivity contribution in [2.24, 2.45) is 0 Å². The van der Waals surface area contributed by atoms with Crippen molar-refractivity contribution in [1.82, 2.24) is 4.98 Å². The number of para-hydroxylation sites is 2. The molecule has 0 aliphatic heterocycles. The molecule has 136 valence electrons. The molecule has 1 aromatic heterocycles. The van der Waals surface area contributed by atoms with Crippen LogP contribution in [-0.2, 0) is 11.3 Å². The van der Waals surface area contributed by atoms with Gasteiger partial charge in [0, 0.05) is 25.1 Å². The van der Waals surface area contributed by atoms with E-state index in [1.165, 1.54) is 31.2 Å². The fourth-order valence-electron chi connectivity index (χ4n) is 2.58. The average Bonchev–Trinajstić information content (AvgIpc) is 2.66. The molecule has 9 nitrogen and oxygen atoms in total. The van der Waals surface area contributed by atoms with Gasteiger partial charge in [0.2, 0.25) is 11.3 Å². The van der Waals surface area contributed by atoms with Gasteiger partial charge in [-0.1, -0.05) is 18.2 Å². The number of rotatable bonds is 5. The summed E-state index contributed by atoms with van der Waals surface area (Å²) in [5, 5.41) is 23.3. The third-order valence-electron chi connectivity index (χ3n) is 3.80. The van der Waals surface area contributed by atoms with Crippen molar-refractivity contribution in [2.75, 3.05) is 0 Å². The molecule has 0 atom stereocenters. The van der Waals surface area contributed by atoms with Gasteiger partial charge < -0.3 is 9.94 Å². The van der Waals surface area contributed by atoms with Crippen LogP contribution in [0.5, 0.6) is 0 Å². The molecular formula is C18H13N3O6. The number of hydrogen-bond acceptors (Lipinski definition) is 7. The minimum Gasteiger partial charge on any atom is -0.618 e. The number of nitro benzene ring substituents is 1. The molecule has 0 aliphatic rings. The van der Waals surface area contributed by atoms with E-state index in [9.17, 15) is 24.9 Å². The summed E-state index contributed by atoms with van der Waals surface area (Å²) in [6.45, 7) is 0.787. The van der Waals surface area contributed by atoms with Crippen molar-refractivity contribution in [1.29, 1.82) is 0 Å². The van der Waals surface area contributed by atoms with E-state index >= 15 is 0 Å². The van der Waals surface area contributed by atoms with Gasteiger partial charge in [0.25, 0.3) is 11.4 Å². The Morgan fingerprint density at radius 1 is 1.19 bits per heavy atom. The summed E-state index contributed by atoms with van der Waals surface area (Å²) in [5.41, 5.74) is 0.0744. The lowest BCUT2D eigenvalue weighted by molar-refractivity contribution is -0.580. The molecule has 9 heteroatoms. The number of nitrogens with zero attached hydrogens (tertiary/aromatic N) is 3. The molecule has 0 spiro atoms. The van der Waals surface area contributed by atoms with E-state index in [0.717, 1.165) is 6.07 Å². The molecule has 1 heterocycles. The number of fused-ring (bicyclic) bond motifs is 1. The number of hydrogen-bond donors (Lipinski definition) is 0. The van der Waals surface area contributed by atoms with E-state index in [1.54, 1.807) is 18.2 Å². The predicted octanol–water partition coefficient (Wildman–Crippen LogP) is 2.34. The van der Waals surface area contributed by atoms with E-state index < -0.39 is 23.3 Å². The first-order valence-electron chi connectivity index (χ1n) is 7.82. The van der Waals surface area contributed by atoms with Crippen LogP contribution in [-0.4, -0.2) is 21.7 Å². The lowest BCUT2D eigenvalue weighted by Crippen LogP contribution is -2.37. The van der Waals surface area contributed by atoms with Crippen LogP contribution in [0.2, 0.25) is 0 Å². The lowest BCUT2D eigenvalue weighted by Gasteiger charge is -2.10. The Balaban J connectivity index is 1.91. The lowest BCUT2D eigenvalue weighted by atomic mass is 10.2. The number of non-ortho nitro benzene ring substituents is 1. The smallest absolute Gasteiger partial charge is 0.338 e. The molecule has 0 amide bonds. The minimum absolute atomic E-state index is 0.00924. The van der Waals surface area contributed by atoms with Crippen LogP contribution in [0.25, 0.3) is 11.0 Å². The number of ketones is 1. The van der Waals surface area contributed by atoms with E-state index in [0.29, 0.717) is 10.2 Å². The molecule has 0 unspecified atom stereocenters. The van der Waals surface area contributed by atoms with Crippen molar-refractivity contribution < 1.29 is 24.0 Å². The second kappa shape index (κ2) is 7.16.